The summed E-state index contributed by atoms with van der Waals surface area (Å²) in [6, 6.07) is 7.70. The van der Waals surface area contributed by atoms with E-state index in [4.69, 9.17) is 10.5 Å². The smallest absolute Gasteiger partial charge is 0.314 e. The number of ether oxygens (including phenoxy) is 1. The maximum atomic E-state index is 11.5. The number of benzene rings is 1. The SMILES string of the molecule is NCCCc1cccc(OC(=O)C2CC2)c1. The average Bonchev–Trinajstić information content (AvgIpc) is 3.10. The highest BCUT2D eigenvalue weighted by Crippen LogP contribution is 2.30. The van der Waals surface area contributed by atoms with Gasteiger partial charge < -0.3 is 10.5 Å². The quantitative estimate of drug-likeness (QED) is 0.607. The summed E-state index contributed by atoms with van der Waals surface area (Å²) in [4.78, 5) is 11.5. The molecule has 0 atom stereocenters. The molecule has 3 heteroatoms. The van der Waals surface area contributed by atoms with Crippen molar-refractivity contribution in [3.63, 3.8) is 0 Å². The molecular weight excluding hydrogens is 202 g/mol. The van der Waals surface area contributed by atoms with E-state index in [0.717, 1.165) is 25.7 Å². The highest BCUT2D eigenvalue weighted by Gasteiger charge is 2.31. The Morgan fingerprint density at radius 2 is 2.25 bits per heavy atom. The van der Waals surface area contributed by atoms with Gasteiger partial charge in [0.1, 0.15) is 5.75 Å². The summed E-state index contributed by atoms with van der Waals surface area (Å²) in [6.45, 7) is 0.687. The first-order valence-electron chi connectivity index (χ1n) is 5.80. The van der Waals surface area contributed by atoms with Crippen LogP contribution in [0.25, 0.3) is 0 Å². The fraction of sp³-hybridized carbons (Fsp3) is 0.462. The van der Waals surface area contributed by atoms with Crippen LogP contribution in [0.15, 0.2) is 24.3 Å². The molecule has 3 nitrogen and oxygen atoms in total. The summed E-state index contributed by atoms with van der Waals surface area (Å²) in [5.74, 6) is 0.718. The topological polar surface area (TPSA) is 52.3 Å². The highest BCUT2D eigenvalue weighted by atomic mass is 16.5. The van der Waals surface area contributed by atoms with Gasteiger partial charge in [0.25, 0.3) is 0 Å². The molecule has 2 N–H and O–H groups in total. The van der Waals surface area contributed by atoms with Gasteiger partial charge in [-0.2, -0.15) is 0 Å². The maximum absolute atomic E-state index is 11.5. The molecule has 16 heavy (non-hydrogen) atoms. The number of hydrogen-bond acceptors (Lipinski definition) is 3. The van der Waals surface area contributed by atoms with Crippen LogP contribution in [-0.4, -0.2) is 12.5 Å². The van der Waals surface area contributed by atoms with E-state index in [0.29, 0.717) is 12.3 Å². The second-order valence-electron chi connectivity index (χ2n) is 4.24. The predicted molar refractivity (Wildman–Crippen MR) is 62.2 cm³/mol. The van der Waals surface area contributed by atoms with Crippen LogP contribution in [0.4, 0.5) is 0 Å². The van der Waals surface area contributed by atoms with Gasteiger partial charge in [-0.15, -0.1) is 0 Å². The van der Waals surface area contributed by atoms with Gasteiger partial charge >= 0.3 is 5.97 Å². The predicted octanol–water partition coefficient (Wildman–Crippen LogP) is 1.89. The van der Waals surface area contributed by atoms with Gasteiger partial charge in [0, 0.05) is 0 Å². The standard InChI is InChI=1S/C13H17NO2/c14-8-2-4-10-3-1-5-12(9-10)16-13(15)11-6-7-11/h1,3,5,9,11H,2,4,6-8,14H2. The molecule has 1 aromatic carbocycles. The maximum Gasteiger partial charge on any atom is 0.314 e. The van der Waals surface area contributed by atoms with Crippen molar-refractivity contribution in [1.29, 1.82) is 0 Å². The number of hydrogen-bond donors (Lipinski definition) is 1. The molecule has 1 aliphatic carbocycles. The molecule has 0 saturated heterocycles. The minimum Gasteiger partial charge on any atom is -0.426 e. The van der Waals surface area contributed by atoms with Crippen LogP contribution in [0.3, 0.4) is 0 Å². The first-order chi connectivity index (χ1) is 7.79. The molecule has 0 radical (unpaired) electrons. The molecule has 1 saturated carbocycles. The minimum absolute atomic E-state index is 0.0871. The van der Waals surface area contributed by atoms with E-state index < -0.39 is 0 Å². The second kappa shape index (κ2) is 5.12. The highest BCUT2D eigenvalue weighted by molar-refractivity contribution is 5.77. The molecule has 0 aliphatic heterocycles. The van der Waals surface area contributed by atoms with Crippen molar-refractivity contribution in [3.8, 4) is 5.75 Å². The van der Waals surface area contributed by atoms with Crippen LogP contribution in [0.1, 0.15) is 24.8 Å². The Morgan fingerprint density at radius 3 is 2.94 bits per heavy atom. The molecule has 0 spiro atoms. The summed E-state index contributed by atoms with van der Waals surface area (Å²) >= 11 is 0. The molecule has 86 valence electrons. The van der Waals surface area contributed by atoms with E-state index in [9.17, 15) is 4.79 Å². The van der Waals surface area contributed by atoms with E-state index in [1.807, 2.05) is 24.3 Å². The Balaban J connectivity index is 1.95. The third kappa shape index (κ3) is 3.07. The van der Waals surface area contributed by atoms with Gasteiger partial charge in [-0.05, 0) is 49.9 Å². The Hall–Kier alpha value is -1.35. The van der Waals surface area contributed by atoms with E-state index in [1.54, 1.807) is 0 Å². The molecule has 0 aromatic heterocycles. The van der Waals surface area contributed by atoms with Gasteiger partial charge in [0.15, 0.2) is 0 Å². The monoisotopic (exact) mass is 219 g/mol. The summed E-state index contributed by atoms with van der Waals surface area (Å²) < 4.78 is 5.29. The number of aryl methyl sites for hydroxylation is 1. The zero-order valence-electron chi connectivity index (χ0n) is 9.32. The molecule has 1 aliphatic rings. The van der Waals surface area contributed by atoms with Gasteiger partial charge in [-0.25, -0.2) is 0 Å². The average molecular weight is 219 g/mol. The second-order valence-corrected chi connectivity index (χ2v) is 4.24. The van der Waals surface area contributed by atoms with Crippen molar-refractivity contribution in [1.82, 2.24) is 0 Å². The minimum atomic E-state index is -0.0871. The summed E-state index contributed by atoms with van der Waals surface area (Å²) in [5.41, 5.74) is 6.63. The van der Waals surface area contributed by atoms with Gasteiger partial charge in [-0.3, -0.25) is 4.79 Å². The fourth-order valence-corrected chi connectivity index (χ4v) is 1.59. The lowest BCUT2D eigenvalue weighted by atomic mass is 10.1. The first kappa shape index (κ1) is 11.1. The number of carbonyl (C=O) groups is 1. The van der Waals surface area contributed by atoms with Crippen LogP contribution in [0.5, 0.6) is 5.75 Å². The van der Waals surface area contributed by atoms with Crippen molar-refractivity contribution in [2.75, 3.05) is 6.54 Å². The van der Waals surface area contributed by atoms with Crippen molar-refractivity contribution in [2.45, 2.75) is 25.7 Å². The van der Waals surface area contributed by atoms with Crippen molar-refractivity contribution in [2.24, 2.45) is 11.7 Å². The number of rotatable bonds is 5. The van der Waals surface area contributed by atoms with E-state index >= 15 is 0 Å². The Bertz CT molecular complexity index is 372. The first-order valence-corrected chi connectivity index (χ1v) is 5.80. The van der Waals surface area contributed by atoms with Gasteiger partial charge in [-0.1, -0.05) is 12.1 Å². The van der Waals surface area contributed by atoms with Crippen molar-refractivity contribution < 1.29 is 9.53 Å². The van der Waals surface area contributed by atoms with Crippen LogP contribution in [0, 0.1) is 5.92 Å². The van der Waals surface area contributed by atoms with Crippen molar-refractivity contribution in [3.05, 3.63) is 29.8 Å². The summed E-state index contributed by atoms with van der Waals surface area (Å²) in [6.07, 6.45) is 3.85. The molecule has 0 bridgehead atoms. The van der Waals surface area contributed by atoms with Crippen LogP contribution in [-0.2, 0) is 11.2 Å². The molecule has 2 rings (SSSR count). The van der Waals surface area contributed by atoms with Crippen molar-refractivity contribution >= 4 is 5.97 Å². The fourth-order valence-electron chi connectivity index (χ4n) is 1.59. The lowest BCUT2D eigenvalue weighted by molar-refractivity contribution is -0.135. The Morgan fingerprint density at radius 1 is 1.44 bits per heavy atom. The number of nitrogens with two attached hydrogens (primary N) is 1. The van der Waals surface area contributed by atoms with E-state index in [1.165, 1.54) is 5.56 Å². The summed E-state index contributed by atoms with van der Waals surface area (Å²) in [7, 11) is 0. The zero-order valence-corrected chi connectivity index (χ0v) is 9.32. The van der Waals surface area contributed by atoms with Gasteiger partial charge in [0.05, 0.1) is 5.92 Å². The number of carbonyl (C=O) groups excluding carboxylic acids is 1. The molecule has 1 fully saturated rings. The third-order valence-corrected chi connectivity index (χ3v) is 2.70. The lowest BCUT2D eigenvalue weighted by Gasteiger charge is -2.05. The summed E-state index contributed by atoms with van der Waals surface area (Å²) in [5, 5.41) is 0. The Kier molecular flexibility index (Phi) is 3.57. The largest absolute Gasteiger partial charge is 0.426 e. The van der Waals surface area contributed by atoms with Crippen LogP contribution in [0.2, 0.25) is 0 Å². The molecule has 0 amide bonds. The van der Waals surface area contributed by atoms with Crippen LogP contribution >= 0.6 is 0 Å². The normalized spacial score (nSPS) is 14.8. The number of esters is 1. The Labute approximate surface area is 95.6 Å². The van der Waals surface area contributed by atoms with Crippen LogP contribution < -0.4 is 10.5 Å². The molecule has 0 heterocycles. The van der Waals surface area contributed by atoms with Gasteiger partial charge in [0.2, 0.25) is 0 Å². The van der Waals surface area contributed by atoms with E-state index in [2.05, 4.69) is 0 Å². The van der Waals surface area contributed by atoms with E-state index in [-0.39, 0.29) is 11.9 Å². The molecular formula is C13H17NO2. The zero-order chi connectivity index (χ0) is 11.4. The molecule has 0 unspecified atom stereocenters. The lowest BCUT2D eigenvalue weighted by Crippen LogP contribution is -2.09. The molecule has 1 aromatic rings. The third-order valence-electron chi connectivity index (χ3n) is 2.70.